The Labute approximate surface area is 147 Å². The Hall–Kier alpha value is -1.33. The van der Waals surface area contributed by atoms with Crippen LogP contribution in [0.25, 0.3) is 0 Å². The molecule has 2 atom stereocenters. The Morgan fingerprint density at radius 3 is 2.71 bits per heavy atom. The molecule has 4 aliphatic carbocycles. The fourth-order valence-corrected chi connectivity index (χ4v) is 6.06. The molecule has 1 heterocycles. The van der Waals surface area contributed by atoms with Crippen LogP contribution < -0.4 is 11.1 Å². The quantitative estimate of drug-likeness (QED) is 0.857. The summed E-state index contributed by atoms with van der Waals surface area (Å²) in [5.41, 5.74) is 6.70. The number of amides is 1. The van der Waals surface area contributed by atoms with Crippen molar-refractivity contribution < 1.29 is 9.53 Å². The first-order valence-electron chi connectivity index (χ1n) is 8.91. The lowest BCUT2D eigenvalue weighted by Gasteiger charge is -2.62. The lowest BCUT2D eigenvalue weighted by atomic mass is 9.50. The van der Waals surface area contributed by atoms with Gasteiger partial charge in [0.25, 0.3) is 5.91 Å². The summed E-state index contributed by atoms with van der Waals surface area (Å²) in [6, 6.07) is 3.85. The summed E-state index contributed by atoms with van der Waals surface area (Å²) in [7, 11) is 1.79. The molecule has 5 rings (SSSR count). The van der Waals surface area contributed by atoms with Gasteiger partial charge in [0.05, 0.1) is 4.88 Å². The van der Waals surface area contributed by atoms with Crippen LogP contribution in [0.2, 0.25) is 0 Å². The average molecular weight is 346 g/mol. The molecule has 3 N–H and O–H groups in total. The van der Waals surface area contributed by atoms with Crippen molar-refractivity contribution in [3.05, 3.63) is 33.7 Å². The number of primary amides is 1. The third-order valence-corrected chi connectivity index (χ3v) is 7.60. The zero-order valence-corrected chi connectivity index (χ0v) is 15.2. The van der Waals surface area contributed by atoms with Crippen molar-refractivity contribution in [3.63, 3.8) is 0 Å². The van der Waals surface area contributed by atoms with Crippen LogP contribution in [0.4, 0.5) is 0 Å². The second-order valence-electron chi connectivity index (χ2n) is 7.83. The van der Waals surface area contributed by atoms with E-state index in [0.717, 1.165) is 23.6 Å². The first kappa shape index (κ1) is 16.2. The second kappa shape index (κ2) is 5.60. The maximum Gasteiger partial charge on any atom is 0.258 e. The van der Waals surface area contributed by atoms with Gasteiger partial charge in [0.1, 0.15) is 5.60 Å². The summed E-state index contributed by atoms with van der Waals surface area (Å²) in [6.45, 7) is 2.25. The van der Waals surface area contributed by atoms with Crippen molar-refractivity contribution in [2.45, 2.75) is 56.6 Å². The minimum Gasteiger partial charge on any atom is -0.385 e. The van der Waals surface area contributed by atoms with Gasteiger partial charge in [-0.2, -0.15) is 0 Å². The molecular formula is C19H26N2O2S. The molecule has 4 saturated carbocycles. The molecule has 0 radical (unpaired) electrons. The van der Waals surface area contributed by atoms with Gasteiger partial charge in [-0.05, 0) is 74.3 Å². The summed E-state index contributed by atoms with van der Waals surface area (Å²) in [6.07, 6.45) is 9.53. The predicted octanol–water partition coefficient (Wildman–Crippen LogP) is 3.53. The normalized spacial score (nSPS) is 39.2. The first-order valence-corrected chi connectivity index (χ1v) is 9.73. The molecule has 2 bridgehead atoms. The van der Waals surface area contributed by atoms with Crippen molar-refractivity contribution in [2.24, 2.45) is 17.6 Å². The number of ether oxygens (including phenoxy) is 1. The maximum atomic E-state index is 11.5. The molecule has 2 unspecified atom stereocenters. The van der Waals surface area contributed by atoms with Gasteiger partial charge in [-0.15, -0.1) is 11.3 Å². The summed E-state index contributed by atoms with van der Waals surface area (Å²) < 4.78 is 6.16. The van der Waals surface area contributed by atoms with Gasteiger partial charge >= 0.3 is 0 Å². The molecule has 0 spiro atoms. The van der Waals surface area contributed by atoms with Crippen LogP contribution in [-0.4, -0.2) is 18.6 Å². The van der Waals surface area contributed by atoms with E-state index in [1.54, 1.807) is 7.11 Å². The van der Waals surface area contributed by atoms with Gasteiger partial charge in [-0.25, -0.2) is 0 Å². The van der Waals surface area contributed by atoms with Crippen LogP contribution in [0.3, 0.4) is 0 Å². The topological polar surface area (TPSA) is 64.3 Å². The number of nitrogens with one attached hydrogen (secondary N) is 1. The van der Waals surface area contributed by atoms with E-state index in [4.69, 9.17) is 10.5 Å². The number of thiophene rings is 1. The molecule has 1 aromatic rings. The Bertz CT molecular complexity index is 678. The zero-order valence-electron chi connectivity index (χ0n) is 14.4. The molecule has 1 amide bonds. The molecule has 130 valence electrons. The predicted molar refractivity (Wildman–Crippen MR) is 95.8 cm³/mol. The molecule has 0 saturated heterocycles. The largest absolute Gasteiger partial charge is 0.385 e. The zero-order chi connectivity index (χ0) is 16.9. The number of rotatable bonds is 5. The minimum absolute atomic E-state index is 0.363. The van der Waals surface area contributed by atoms with Gasteiger partial charge < -0.3 is 15.8 Å². The Balaban J connectivity index is 1.69. The average Bonchev–Trinajstić information content (AvgIpc) is 2.95. The fraction of sp³-hybridized carbons (Fsp3) is 0.632. The summed E-state index contributed by atoms with van der Waals surface area (Å²) >= 11 is 1.47. The number of hydrogen-bond donors (Lipinski definition) is 2. The standard InChI is InChI=1S/C19H26N2O2S/c1-12-4-3-5-14(11-21-18-8-13(9-18)10-18)19(12,23-2)16-7-6-15(24-16)17(20)22/h6-7,11-13,21H,3-5,8-10H2,1-2H3,(H2,20,22)/b14-11+. The van der Waals surface area contributed by atoms with Crippen LogP contribution in [0, 0.1) is 11.8 Å². The van der Waals surface area contributed by atoms with Crippen LogP contribution >= 0.6 is 11.3 Å². The molecule has 24 heavy (non-hydrogen) atoms. The van der Waals surface area contributed by atoms with E-state index in [0.29, 0.717) is 16.3 Å². The minimum atomic E-state index is -0.437. The number of carbonyl (C=O) groups excluding carboxylic acids is 1. The van der Waals surface area contributed by atoms with Crippen molar-refractivity contribution in [3.8, 4) is 0 Å². The van der Waals surface area contributed by atoms with Crippen molar-refractivity contribution in [1.82, 2.24) is 5.32 Å². The Morgan fingerprint density at radius 2 is 2.17 bits per heavy atom. The number of carbonyl (C=O) groups is 1. The maximum absolute atomic E-state index is 11.5. The van der Waals surface area contributed by atoms with Crippen molar-refractivity contribution in [1.29, 1.82) is 0 Å². The first-order chi connectivity index (χ1) is 11.5. The molecule has 4 nitrogen and oxygen atoms in total. The SMILES string of the molecule is COC1(c2ccc(C(N)=O)s2)/C(=C/NC23CC(C2)C3)CCCC1C. The highest BCUT2D eigenvalue weighted by molar-refractivity contribution is 7.14. The van der Waals surface area contributed by atoms with E-state index in [-0.39, 0.29) is 5.91 Å². The third kappa shape index (κ3) is 2.25. The molecular weight excluding hydrogens is 320 g/mol. The van der Waals surface area contributed by atoms with Crippen molar-refractivity contribution >= 4 is 17.2 Å². The van der Waals surface area contributed by atoms with E-state index >= 15 is 0 Å². The second-order valence-corrected chi connectivity index (χ2v) is 8.92. The lowest BCUT2D eigenvalue weighted by Crippen LogP contribution is -2.65. The van der Waals surface area contributed by atoms with Gasteiger partial charge in [0.2, 0.25) is 0 Å². The Morgan fingerprint density at radius 1 is 1.42 bits per heavy atom. The molecule has 4 fully saturated rings. The van der Waals surface area contributed by atoms with E-state index < -0.39 is 5.60 Å². The van der Waals surface area contributed by atoms with Crippen LogP contribution in [0.5, 0.6) is 0 Å². The summed E-state index contributed by atoms with van der Waals surface area (Å²) in [5, 5.41) is 3.71. The molecule has 0 aromatic carbocycles. The third-order valence-electron chi connectivity index (χ3n) is 6.38. The monoisotopic (exact) mass is 346 g/mol. The molecule has 1 aromatic heterocycles. The van der Waals surface area contributed by atoms with E-state index in [2.05, 4.69) is 18.4 Å². The van der Waals surface area contributed by atoms with E-state index in [9.17, 15) is 4.79 Å². The highest BCUT2D eigenvalue weighted by atomic mass is 32.1. The number of hydrogen-bond acceptors (Lipinski definition) is 4. The number of nitrogens with two attached hydrogens (primary N) is 1. The molecule has 0 aliphatic heterocycles. The van der Waals surface area contributed by atoms with Gasteiger partial charge in [0.15, 0.2) is 0 Å². The summed E-state index contributed by atoms with van der Waals surface area (Å²) in [4.78, 5) is 13.2. The highest BCUT2D eigenvalue weighted by Crippen LogP contribution is 2.57. The summed E-state index contributed by atoms with van der Waals surface area (Å²) in [5.74, 6) is 0.971. The van der Waals surface area contributed by atoms with Gasteiger partial charge in [-0.1, -0.05) is 6.92 Å². The van der Waals surface area contributed by atoms with Crippen molar-refractivity contribution in [2.75, 3.05) is 7.11 Å². The van der Waals surface area contributed by atoms with Gasteiger partial charge in [0, 0.05) is 17.5 Å². The molecule has 5 heteroatoms. The molecule has 4 aliphatic rings. The van der Waals surface area contributed by atoms with E-state index in [1.807, 2.05) is 12.1 Å². The van der Waals surface area contributed by atoms with Crippen LogP contribution in [-0.2, 0) is 10.3 Å². The van der Waals surface area contributed by atoms with Crippen LogP contribution in [0.15, 0.2) is 23.9 Å². The van der Waals surface area contributed by atoms with E-state index in [1.165, 1.54) is 42.6 Å². The highest BCUT2D eigenvalue weighted by Gasteiger charge is 2.56. The Kier molecular flexibility index (Phi) is 3.77. The lowest BCUT2D eigenvalue weighted by molar-refractivity contribution is -0.0497. The fourth-order valence-electron chi connectivity index (χ4n) is 4.88. The number of methoxy groups -OCH3 is 1. The van der Waals surface area contributed by atoms with Gasteiger partial charge in [-0.3, -0.25) is 4.79 Å². The van der Waals surface area contributed by atoms with Crippen LogP contribution in [0.1, 0.15) is 60.0 Å². The smallest absolute Gasteiger partial charge is 0.258 e.